The molecule has 0 aliphatic heterocycles. The Morgan fingerprint density at radius 1 is 1.36 bits per heavy atom. The normalized spacial score (nSPS) is 35.6. The molecule has 2 aliphatic rings. The minimum atomic E-state index is -0.405. The lowest BCUT2D eigenvalue weighted by atomic mass is 9.88. The number of hydrogen-bond donors (Lipinski definition) is 2. The zero-order valence-electron chi connectivity index (χ0n) is 8.96. The largest absolute Gasteiger partial charge is 0.389 e. The van der Waals surface area contributed by atoms with Crippen molar-refractivity contribution in [1.82, 2.24) is 5.32 Å². The molecule has 3 nitrogen and oxygen atoms in total. The molecule has 2 saturated carbocycles. The Kier molecular flexibility index (Phi) is 3.10. The molecule has 0 aromatic heterocycles. The summed E-state index contributed by atoms with van der Waals surface area (Å²) in [5.74, 6) is 0. The van der Waals surface area contributed by atoms with Gasteiger partial charge in [-0.05, 0) is 25.7 Å². The van der Waals surface area contributed by atoms with E-state index in [0.29, 0.717) is 12.1 Å². The van der Waals surface area contributed by atoms with Crippen LogP contribution in [0.4, 0.5) is 0 Å². The summed E-state index contributed by atoms with van der Waals surface area (Å²) in [5, 5.41) is 13.5. The van der Waals surface area contributed by atoms with Crippen molar-refractivity contribution in [2.45, 2.75) is 56.3 Å². The average molecular weight is 199 g/mol. The molecule has 0 bridgehead atoms. The van der Waals surface area contributed by atoms with Crippen LogP contribution in [0.1, 0.15) is 38.5 Å². The molecule has 0 radical (unpaired) electrons. The van der Waals surface area contributed by atoms with Crippen molar-refractivity contribution in [2.24, 2.45) is 0 Å². The topological polar surface area (TPSA) is 41.5 Å². The van der Waals surface area contributed by atoms with Crippen molar-refractivity contribution >= 4 is 0 Å². The van der Waals surface area contributed by atoms with Gasteiger partial charge < -0.3 is 15.2 Å². The van der Waals surface area contributed by atoms with Gasteiger partial charge >= 0.3 is 0 Å². The highest BCUT2D eigenvalue weighted by atomic mass is 16.5. The SMILES string of the molecule is COC1CC(NCC2(O)CCCC2)C1. The highest BCUT2D eigenvalue weighted by Crippen LogP contribution is 2.30. The first-order chi connectivity index (χ1) is 6.72. The third-order valence-corrected chi connectivity index (χ3v) is 3.68. The van der Waals surface area contributed by atoms with Gasteiger partial charge in [0.1, 0.15) is 0 Å². The lowest BCUT2D eigenvalue weighted by molar-refractivity contribution is -0.0000121. The third-order valence-electron chi connectivity index (χ3n) is 3.68. The zero-order valence-corrected chi connectivity index (χ0v) is 8.96. The number of aliphatic hydroxyl groups is 1. The summed E-state index contributed by atoms with van der Waals surface area (Å²) in [6.45, 7) is 0.772. The van der Waals surface area contributed by atoms with Gasteiger partial charge in [-0.1, -0.05) is 12.8 Å². The minimum Gasteiger partial charge on any atom is -0.389 e. The standard InChI is InChI=1S/C11H21NO2/c1-14-10-6-9(7-10)12-8-11(13)4-2-3-5-11/h9-10,12-13H,2-8H2,1H3. The molecule has 2 N–H and O–H groups in total. The minimum absolute atomic E-state index is 0.405. The maximum Gasteiger partial charge on any atom is 0.0771 e. The first-order valence-electron chi connectivity index (χ1n) is 5.70. The van der Waals surface area contributed by atoms with Gasteiger partial charge in [0, 0.05) is 19.7 Å². The summed E-state index contributed by atoms with van der Waals surface area (Å²) < 4.78 is 5.21. The monoisotopic (exact) mass is 199 g/mol. The lowest BCUT2D eigenvalue weighted by Crippen LogP contribution is -2.50. The summed E-state index contributed by atoms with van der Waals surface area (Å²) in [6, 6.07) is 0.574. The number of ether oxygens (including phenoxy) is 1. The molecular formula is C11H21NO2. The average Bonchev–Trinajstić information content (AvgIpc) is 2.50. The van der Waals surface area contributed by atoms with Crippen molar-refractivity contribution in [2.75, 3.05) is 13.7 Å². The second-order valence-electron chi connectivity index (χ2n) is 4.84. The van der Waals surface area contributed by atoms with Gasteiger partial charge in [-0.2, -0.15) is 0 Å². The van der Waals surface area contributed by atoms with E-state index < -0.39 is 5.60 Å². The maximum atomic E-state index is 10.1. The summed E-state index contributed by atoms with van der Waals surface area (Å²) >= 11 is 0. The highest BCUT2D eigenvalue weighted by molar-refractivity contribution is 4.91. The number of methoxy groups -OCH3 is 1. The van der Waals surface area contributed by atoms with E-state index in [-0.39, 0.29) is 0 Å². The van der Waals surface area contributed by atoms with Crippen molar-refractivity contribution in [3.8, 4) is 0 Å². The predicted molar refractivity (Wildman–Crippen MR) is 55.2 cm³/mol. The molecular weight excluding hydrogens is 178 g/mol. The van der Waals surface area contributed by atoms with Crippen LogP contribution in [0.15, 0.2) is 0 Å². The Morgan fingerprint density at radius 3 is 2.57 bits per heavy atom. The number of rotatable bonds is 4. The highest BCUT2D eigenvalue weighted by Gasteiger charge is 2.34. The van der Waals surface area contributed by atoms with Crippen molar-refractivity contribution in [3.63, 3.8) is 0 Å². The molecule has 0 spiro atoms. The zero-order chi connectivity index (χ0) is 10.0. The van der Waals surface area contributed by atoms with E-state index in [4.69, 9.17) is 4.74 Å². The molecule has 0 saturated heterocycles. The summed E-state index contributed by atoms with van der Waals surface area (Å²) in [4.78, 5) is 0. The van der Waals surface area contributed by atoms with E-state index in [2.05, 4.69) is 5.32 Å². The maximum absolute atomic E-state index is 10.1. The van der Waals surface area contributed by atoms with E-state index >= 15 is 0 Å². The first kappa shape index (κ1) is 10.4. The van der Waals surface area contributed by atoms with Crippen LogP contribution in [0.5, 0.6) is 0 Å². The van der Waals surface area contributed by atoms with Crippen LogP contribution in [0.3, 0.4) is 0 Å². The molecule has 82 valence electrons. The Labute approximate surface area is 85.8 Å². The first-order valence-corrected chi connectivity index (χ1v) is 5.70. The second-order valence-corrected chi connectivity index (χ2v) is 4.84. The van der Waals surface area contributed by atoms with Crippen LogP contribution < -0.4 is 5.32 Å². The van der Waals surface area contributed by atoms with Crippen LogP contribution >= 0.6 is 0 Å². The molecule has 2 fully saturated rings. The molecule has 0 atom stereocenters. The number of nitrogens with one attached hydrogen (secondary N) is 1. The van der Waals surface area contributed by atoms with E-state index in [1.165, 1.54) is 12.8 Å². The van der Waals surface area contributed by atoms with Crippen LogP contribution in [0.2, 0.25) is 0 Å². The molecule has 0 unspecified atom stereocenters. The summed E-state index contributed by atoms with van der Waals surface area (Å²) in [7, 11) is 1.77. The fourth-order valence-electron chi connectivity index (χ4n) is 2.47. The summed E-state index contributed by atoms with van der Waals surface area (Å²) in [5.41, 5.74) is -0.405. The van der Waals surface area contributed by atoms with E-state index in [0.717, 1.165) is 32.2 Å². The summed E-state index contributed by atoms with van der Waals surface area (Å²) in [6.07, 6.45) is 6.97. The molecule has 14 heavy (non-hydrogen) atoms. The molecule has 2 aliphatic carbocycles. The van der Waals surface area contributed by atoms with E-state index in [1.807, 2.05) is 0 Å². The fourth-order valence-corrected chi connectivity index (χ4v) is 2.47. The Morgan fingerprint density at radius 2 is 2.00 bits per heavy atom. The van der Waals surface area contributed by atoms with E-state index in [9.17, 15) is 5.11 Å². The smallest absolute Gasteiger partial charge is 0.0771 e. The quantitative estimate of drug-likeness (QED) is 0.711. The van der Waals surface area contributed by atoms with Crippen LogP contribution in [-0.2, 0) is 4.74 Å². The number of hydrogen-bond acceptors (Lipinski definition) is 3. The second kappa shape index (κ2) is 4.17. The van der Waals surface area contributed by atoms with Gasteiger partial charge in [0.05, 0.1) is 11.7 Å². The molecule has 2 rings (SSSR count). The van der Waals surface area contributed by atoms with Crippen molar-refractivity contribution < 1.29 is 9.84 Å². The van der Waals surface area contributed by atoms with Gasteiger partial charge in [0.15, 0.2) is 0 Å². The van der Waals surface area contributed by atoms with Gasteiger partial charge in [-0.25, -0.2) is 0 Å². The molecule has 0 heterocycles. The Hall–Kier alpha value is -0.120. The van der Waals surface area contributed by atoms with Crippen LogP contribution in [0.25, 0.3) is 0 Å². The van der Waals surface area contributed by atoms with Gasteiger partial charge in [-0.3, -0.25) is 0 Å². The Balaban J connectivity index is 1.63. The van der Waals surface area contributed by atoms with Crippen molar-refractivity contribution in [3.05, 3.63) is 0 Å². The Bertz CT molecular complexity index is 184. The molecule has 0 amide bonds. The van der Waals surface area contributed by atoms with Gasteiger partial charge in [0.2, 0.25) is 0 Å². The fraction of sp³-hybridized carbons (Fsp3) is 1.00. The third kappa shape index (κ3) is 2.27. The predicted octanol–water partition coefficient (Wildman–Crippen LogP) is 1.06. The molecule has 0 aromatic rings. The van der Waals surface area contributed by atoms with Gasteiger partial charge in [-0.15, -0.1) is 0 Å². The molecule has 0 aromatic carbocycles. The van der Waals surface area contributed by atoms with Crippen LogP contribution in [-0.4, -0.2) is 36.5 Å². The van der Waals surface area contributed by atoms with Gasteiger partial charge in [0.25, 0.3) is 0 Å². The lowest BCUT2D eigenvalue weighted by Gasteiger charge is -2.37. The van der Waals surface area contributed by atoms with Crippen LogP contribution in [0, 0.1) is 0 Å². The van der Waals surface area contributed by atoms with Crippen molar-refractivity contribution in [1.29, 1.82) is 0 Å². The molecule has 3 heteroatoms. The van der Waals surface area contributed by atoms with E-state index in [1.54, 1.807) is 7.11 Å².